The van der Waals surface area contributed by atoms with E-state index < -0.39 is 11.2 Å². The number of rotatable bonds is 8. The largest absolute Gasteiger partial charge is 0.383 e. The average Bonchev–Trinajstić information content (AvgIpc) is 2.49. The van der Waals surface area contributed by atoms with Crippen LogP contribution in [0.3, 0.4) is 0 Å². The monoisotopic (exact) mass is 338 g/mol. The average molecular weight is 338 g/mol. The third-order valence-corrected chi connectivity index (χ3v) is 3.91. The molecule has 0 aliphatic carbocycles. The summed E-state index contributed by atoms with van der Waals surface area (Å²) in [6.45, 7) is 10.5. The van der Waals surface area contributed by atoms with E-state index in [0.717, 1.165) is 19.3 Å². The highest BCUT2D eigenvalue weighted by atomic mass is 16.2. The van der Waals surface area contributed by atoms with E-state index in [1.807, 2.05) is 20.8 Å². The van der Waals surface area contributed by atoms with Gasteiger partial charge in [0.15, 0.2) is 5.69 Å². The predicted octanol–water partition coefficient (Wildman–Crippen LogP) is 1.95. The number of nitrogen functional groups attached to an aromatic ring is 1. The Morgan fingerprint density at radius 3 is 2.38 bits per heavy atom. The van der Waals surface area contributed by atoms with E-state index >= 15 is 0 Å². The Labute approximate surface area is 142 Å². The van der Waals surface area contributed by atoms with Gasteiger partial charge in [-0.05, 0) is 18.8 Å². The minimum Gasteiger partial charge on any atom is -0.383 e. The maximum absolute atomic E-state index is 12.6. The van der Waals surface area contributed by atoms with Crippen molar-refractivity contribution in [2.45, 2.75) is 60.4 Å². The van der Waals surface area contributed by atoms with Crippen molar-refractivity contribution >= 4 is 17.4 Å². The zero-order chi connectivity index (χ0) is 18.4. The topological polar surface area (TPSA) is 101 Å². The van der Waals surface area contributed by atoms with Gasteiger partial charge in [-0.3, -0.25) is 19.1 Å². The number of H-pyrrole nitrogens is 1. The van der Waals surface area contributed by atoms with E-state index in [4.69, 9.17) is 5.73 Å². The van der Waals surface area contributed by atoms with E-state index in [1.54, 1.807) is 13.8 Å². The van der Waals surface area contributed by atoms with E-state index in [1.165, 1.54) is 9.47 Å². The Morgan fingerprint density at radius 1 is 1.25 bits per heavy atom. The van der Waals surface area contributed by atoms with Crippen LogP contribution in [0.15, 0.2) is 9.59 Å². The summed E-state index contributed by atoms with van der Waals surface area (Å²) < 4.78 is 1.34. The lowest BCUT2D eigenvalue weighted by atomic mass is 10.1. The van der Waals surface area contributed by atoms with Gasteiger partial charge < -0.3 is 10.6 Å². The van der Waals surface area contributed by atoms with Crippen LogP contribution in [0, 0.1) is 11.8 Å². The lowest BCUT2D eigenvalue weighted by molar-refractivity contribution is -0.121. The SMILES string of the molecule is CCCCn1c(N)c(N(CCC(C)C)C(=O)C(C)C)c(=O)[nH]c1=O. The Kier molecular flexibility index (Phi) is 7.25. The van der Waals surface area contributed by atoms with Gasteiger partial charge in [0.25, 0.3) is 5.56 Å². The smallest absolute Gasteiger partial charge is 0.330 e. The van der Waals surface area contributed by atoms with Crippen molar-refractivity contribution < 1.29 is 4.79 Å². The molecule has 136 valence electrons. The third-order valence-electron chi connectivity index (χ3n) is 3.91. The van der Waals surface area contributed by atoms with E-state index in [-0.39, 0.29) is 23.3 Å². The summed E-state index contributed by atoms with van der Waals surface area (Å²) in [4.78, 5) is 40.7. The van der Waals surface area contributed by atoms with Crippen LogP contribution in [0.4, 0.5) is 11.5 Å². The van der Waals surface area contributed by atoms with Crippen molar-refractivity contribution in [2.24, 2.45) is 11.8 Å². The summed E-state index contributed by atoms with van der Waals surface area (Å²) in [5.74, 6) is -0.00533. The lowest BCUT2D eigenvalue weighted by Crippen LogP contribution is -2.43. The van der Waals surface area contributed by atoms with E-state index in [2.05, 4.69) is 4.98 Å². The van der Waals surface area contributed by atoms with Crippen LogP contribution in [-0.4, -0.2) is 22.0 Å². The number of amides is 1. The Hall–Kier alpha value is -2.05. The number of nitrogens with zero attached hydrogens (tertiary/aromatic N) is 2. The number of nitrogens with two attached hydrogens (primary N) is 1. The molecule has 3 N–H and O–H groups in total. The van der Waals surface area contributed by atoms with Crippen molar-refractivity contribution in [3.63, 3.8) is 0 Å². The maximum Gasteiger partial charge on any atom is 0.330 e. The normalized spacial score (nSPS) is 11.3. The van der Waals surface area contributed by atoms with Crippen LogP contribution < -0.4 is 21.9 Å². The zero-order valence-electron chi connectivity index (χ0n) is 15.4. The number of nitrogens with one attached hydrogen (secondary N) is 1. The second-order valence-corrected chi connectivity index (χ2v) is 6.83. The molecule has 0 atom stereocenters. The molecule has 1 amide bonds. The maximum atomic E-state index is 12.6. The van der Waals surface area contributed by atoms with Gasteiger partial charge in [-0.25, -0.2) is 4.79 Å². The first kappa shape index (κ1) is 20.0. The van der Waals surface area contributed by atoms with Gasteiger partial charge >= 0.3 is 5.69 Å². The van der Waals surface area contributed by atoms with Crippen molar-refractivity contribution in [3.05, 3.63) is 20.8 Å². The molecular weight excluding hydrogens is 308 g/mol. The van der Waals surface area contributed by atoms with Crippen LogP contribution in [0.1, 0.15) is 53.9 Å². The molecule has 0 bridgehead atoms. The number of carbonyl (C=O) groups excluding carboxylic acids is 1. The van der Waals surface area contributed by atoms with Crippen molar-refractivity contribution in [3.8, 4) is 0 Å². The fourth-order valence-electron chi connectivity index (χ4n) is 2.41. The molecule has 0 aliphatic heterocycles. The van der Waals surface area contributed by atoms with Gasteiger partial charge in [-0.1, -0.05) is 41.0 Å². The van der Waals surface area contributed by atoms with E-state index in [9.17, 15) is 14.4 Å². The molecule has 1 aromatic heterocycles. The molecule has 24 heavy (non-hydrogen) atoms. The zero-order valence-corrected chi connectivity index (χ0v) is 15.4. The van der Waals surface area contributed by atoms with Gasteiger partial charge in [0.05, 0.1) is 0 Å². The molecular formula is C17H30N4O3. The molecule has 1 rings (SSSR count). The molecule has 7 heteroatoms. The fourth-order valence-corrected chi connectivity index (χ4v) is 2.41. The fraction of sp³-hybridized carbons (Fsp3) is 0.706. The Bertz CT molecular complexity index is 673. The molecule has 0 aromatic carbocycles. The number of unbranched alkanes of at least 4 members (excludes halogenated alkanes) is 1. The van der Waals surface area contributed by atoms with Gasteiger partial charge in [0.1, 0.15) is 5.82 Å². The van der Waals surface area contributed by atoms with Gasteiger partial charge in [-0.2, -0.15) is 0 Å². The van der Waals surface area contributed by atoms with Crippen LogP contribution in [0.2, 0.25) is 0 Å². The molecule has 0 fully saturated rings. The van der Waals surface area contributed by atoms with Crippen LogP contribution in [0.5, 0.6) is 0 Å². The third kappa shape index (κ3) is 4.72. The second kappa shape index (κ2) is 8.70. The van der Waals surface area contributed by atoms with Crippen LogP contribution >= 0.6 is 0 Å². The molecule has 1 aromatic rings. The molecule has 7 nitrogen and oxygen atoms in total. The van der Waals surface area contributed by atoms with Gasteiger partial charge in [0, 0.05) is 19.0 Å². The predicted molar refractivity (Wildman–Crippen MR) is 97.3 cm³/mol. The highest BCUT2D eigenvalue weighted by Crippen LogP contribution is 2.20. The van der Waals surface area contributed by atoms with Gasteiger partial charge in [-0.15, -0.1) is 0 Å². The molecule has 0 radical (unpaired) electrons. The van der Waals surface area contributed by atoms with Crippen molar-refractivity contribution in [2.75, 3.05) is 17.2 Å². The molecule has 0 unspecified atom stereocenters. The molecule has 0 saturated carbocycles. The Balaban J connectivity index is 3.42. The lowest BCUT2D eigenvalue weighted by Gasteiger charge is -2.26. The first-order valence-electron chi connectivity index (χ1n) is 8.64. The summed E-state index contributed by atoms with van der Waals surface area (Å²) >= 11 is 0. The second-order valence-electron chi connectivity index (χ2n) is 6.83. The van der Waals surface area contributed by atoms with Crippen LogP contribution in [-0.2, 0) is 11.3 Å². The number of carbonyl (C=O) groups is 1. The van der Waals surface area contributed by atoms with Crippen LogP contribution in [0.25, 0.3) is 0 Å². The number of anilines is 2. The summed E-state index contributed by atoms with van der Waals surface area (Å²) in [7, 11) is 0. The number of hydrogen-bond donors (Lipinski definition) is 2. The minimum absolute atomic E-state index is 0.0648. The van der Waals surface area contributed by atoms with Crippen molar-refractivity contribution in [1.82, 2.24) is 9.55 Å². The highest BCUT2D eigenvalue weighted by molar-refractivity contribution is 5.96. The highest BCUT2D eigenvalue weighted by Gasteiger charge is 2.25. The quantitative estimate of drug-likeness (QED) is 0.756. The van der Waals surface area contributed by atoms with Crippen molar-refractivity contribution in [1.29, 1.82) is 0 Å². The molecule has 0 saturated heterocycles. The van der Waals surface area contributed by atoms with Gasteiger partial charge in [0.2, 0.25) is 5.91 Å². The first-order chi connectivity index (χ1) is 11.2. The summed E-state index contributed by atoms with van der Waals surface area (Å²) in [6, 6.07) is 0. The standard InChI is InChI=1S/C17H30N4O3/c1-6-7-9-21-14(18)13(15(22)19-17(21)24)20(10-8-11(2)3)16(23)12(4)5/h11-12H,6-10,18H2,1-5H3,(H,19,22,24). The number of hydrogen-bond acceptors (Lipinski definition) is 4. The molecule has 0 spiro atoms. The molecule has 1 heterocycles. The number of aromatic amines is 1. The Morgan fingerprint density at radius 2 is 1.88 bits per heavy atom. The van der Waals surface area contributed by atoms with E-state index in [0.29, 0.717) is 19.0 Å². The summed E-state index contributed by atoms with van der Waals surface area (Å²) in [5.41, 5.74) is 5.07. The molecule has 0 aliphatic rings. The first-order valence-corrected chi connectivity index (χ1v) is 8.64. The summed E-state index contributed by atoms with van der Waals surface area (Å²) in [5, 5.41) is 0. The minimum atomic E-state index is -0.608. The number of aromatic nitrogens is 2. The summed E-state index contributed by atoms with van der Waals surface area (Å²) in [6.07, 6.45) is 2.40.